The fraction of sp³-hybridized carbons (Fsp3) is 0.333. The molecule has 1 aromatic rings. The number of aliphatic carboxylic acids is 1. The molecule has 0 aliphatic rings. The number of nitrogens with one attached hydrogen (secondary N) is 1. The maximum absolute atomic E-state index is 12.9. The van der Waals surface area contributed by atoms with Gasteiger partial charge < -0.3 is 10.4 Å². The first-order chi connectivity index (χ1) is 9.99. The van der Waals surface area contributed by atoms with Gasteiger partial charge in [-0.05, 0) is 36.6 Å². The third-order valence-electron chi connectivity index (χ3n) is 2.74. The molecule has 21 heavy (non-hydrogen) atoms. The normalized spacial score (nSPS) is 10.8. The Bertz CT molecular complexity index is 532. The standard InChI is InChI=1S/C15H17ClFNO3/c16-12-10-11(5-7-13(12)17)6-8-14(19)18-9-3-1-2-4-15(20)21/h5-8,10H,1-4,9H2,(H,18,19)(H,20,21)/b8-6+. The summed E-state index contributed by atoms with van der Waals surface area (Å²) in [4.78, 5) is 21.8. The molecule has 1 aromatic carbocycles. The van der Waals surface area contributed by atoms with Crippen LogP contribution in [0.3, 0.4) is 0 Å². The molecule has 6 heteroatoms. The molecule has 2 N–H and O–H groups in total. The summed E-state index contributed by atoms with van der Waals surface area (Å²) in [5.74, 6) is -1.56. The zero-order valence-electron chi connectivity index (χ0n) is 11.4. The van der Waals surface area contributed by atoms with Crippen LogP contribution in [0.4, 0.5) is 4.39 Å². The molecule has 0 heterocycles. The minimum atomic E-state index is -0.806. The van der Waals surface area contributed by atoms with Gasteiger partial charge in [0.1, 0.15) is 5.82 Å². The molecular formula is C15H17ClFNO3. The van der Waals surface area contributed by atoms with E-state index in [0.29, 0.717) is 18.5 Å². The molecule has 0 aliphatic heterocycles. The van der Waals surface area contributed by atoms with E-state index in [-0.39, 0.29) is 17.4 Å². The first-order valence-corrected chi connectivity index (χ1v) is 6.99. The summed E-state index contributed by atoms with van der Waals surface area (Å²) in [5.41, 5.74) is 0.637. The number of rotatable bonds is 8. The van der Waals surface area contributed by atoms with Crippen molar-refractivity contribution in [1.82, 2.24) is 5.32 Å². The average molecular weight is 314 g/mol. The van der Waals surface area contributed by atoms with Crippen molar-refractivity contribution in [3.8, 4) is 0 Å². The SMILES string of the molecule is O=C(O)CCCCCNC(=O)/C=C/c1ccc(F)c(Cl)c1. The van der Waals surface area contributed by atoms with E-state index in [1.54, 1.807) is 6.08 Å². The summed E-state index contributed by atoms with van der Waals surface area (Å²) in [6.07, 6.45) is 5.14. The highest BCUT2D eigenvalue weighted by Crippen LogP contribution is 2.16. The first kappa shape index (κ1) is 17.2. The first-order valence-electron chi connectivity index (χ1n) is 6.62. The van der Waals surface area contributed by atoms with Crippen LogP contribution in [-0.2, 0) is 9.59 Å². The van der Waals surface area contributed by atoms with E-state index in [2.05, 4.69) is 5.32 Å². The van der Waals surface area contributed by atoms with Gasteiger partial charge in [-0.3, -0.25) is 9.59 Å². The molecular weight excluding hydrogens is 297 g/mol. The molecule has 0 radical (unpaired) electrons. The highest BCUT2D eigenvalue weighted by Gasteiger charge is 2.00. The van der Waals surface area contributed by atoms with Crippen LogP contribution in [0.15, 0.2) is 24.3 Å². The second kappa shape index (κ2) is 9.13. The molecule has 4 nitrogen and oxygen atoms in total. The largest absolute Gasteiger partial charge is 0.481 e. The zero-order chi connectivity index (χ0) is 15.7. The van der Waals surface area contributed by atoms with E-state index < -0.39 is 11.8 Å². The molecule has 0 aromatic heterocycles. The fourth-order valence-corrected chi connectivity index (χ4v) is 1.83. The zero-order valence-corrected chi connectivity index (χ0v) is 12.2. The van der Waals surface area contributed by atoms with E-state index in [4.69, 9.17) is 16.7 Å². The van der Waals surface area contributed by atoms with Crippen LogP contribution < -0.4 is 5.32 Å². The van der Waals surface area contributed by atoms with Gasteiger partial charge in [-0.1, -0.05) is 24.1 Å². The van der Waals surface area contributed by atoms with E-state index in [1.807, 2.05) is 0 Å². The number of carboxylic acids is 1. The number of halogens is 2. The minimum absolute atomic E-state index is 0.0102. The Morgan fingerprint density at radius 2 is 2.05 bits per heavy atom. The maximum atomic E-state index is 12.9. The Morgan fingerprint density at radius 1 is 1.29 bits per heavy atom. The van der Waals surface area contributed by atoms with Crippen molar-refractivity contribution in [1.29, 1.82) is 0 Å². The van der Waals surface area contributed by atoms with Crippen LogP contribution in [0.1, 0.15) is 31.2 Å². The lowest BCUT2D eigenvalue weighted by Gasteiger charge is -2.01. The van der Waals surface area contributed by atoms with Gasteiger partial charge in [0.2, 0.25) is 5.91 Å². The molecule has 0 atom stereocenters. The van der Waals surface area contributed by atoms with Gasteiger partial charge in [0, 0.05) is 19.0 Å². The van der Waals surface area contributed by atoms with Crippen LogP contribution in [0, 0.1) is 5.82 Å². The van der Waals surface area contributed by atoms with Crippen molar-refractivity contribution in [3.63, 3.8) is 0 Å². The third-order valence-corrected chi connectivity index (χ3v) is 3.03. The topological polar surface area (TPSA) is 66.4 Å². The molecule has 1 rings (SSSR count). The number of unbranched alkanes of at least 4 members (excludes halogenated alkanes) is 2. The maximum Gasteiger partial charge on any atom is 0.303 e. The predicted octanol–water partition coefficient (Wildman–Crippen LogP) is 3.25. The summed E-state index contributed by atoms with van der Waals surface area (Å²) in [6, 6.07) is 4.20. The second-order valence-electron chi connectivity index (χ2n) is 4.50. The molecule has 0 saturated heterocycles. The van der Waals surface area contributed by atoms with Gasteiger partial charge in [-0.2, -0.15) is 0 Å². The molecule has 114 valence electrons. The van der Waals surface area contributed by atoms with E-state index >= 15 is 0 Å². The summed E-state index contributed by atoms with van der Waals surface area (Å²) < 4.78 is 12.9. The van der Waals surface area contributed by atoms with Gasteiger partial charge >= 0.3 is 5.97 Å². The van der Waals surface area contributed by atoms with Gasteiger partial charge in [-0.25, -0.2) is 4.39 Å². The van der Waals surface area contributed by atoms with E-state index in [1.165, 1.54) is 24.3 Å². The number of carbonyl (C=O) groups is 2. The lowest BCUT2D eigenvalue weighted by molar-refractivity contribution is -0.137. The summed E-state index contributed by atoms with van der Waals surface area (Å²) in [6.45, 7) is 0.493. The number of carboxylic acid groups (broad SMARTS) is 1. The Kier molecular flexibility index (Phi) is 7.46. The Hall–Kier alpha value is -1.88. The summed E-state index contributed by atoms with van der Waals surface area (Å²) in [7, 11) is 0. The van der Waals surface area contributed by atoms with Crippen LogP contribution in [-0.4, -0.2) is 23.5 Å². The lowest BCUT2D eigenvalue weighted by Crippen LogP contribution is -2.22. The molecule has 0 saturated carbocycles. The number of amides is 1. The van der Waals surface area contributed by atoms with Crippen LogP contribution in [0.5, 0.6) is 0 Å². The number of benzene rings is 1. The Morgan fingerprint density at radius 3 is 2.71 bits per heavy atom. The Labute approximate surface area is 127 Å². The highest BCUT2D eigenvalue weighted by atomic mass is 35.5. The molecule has 1 amide bonds. The quantitative estimate of drug-likeness (QED) is 0.572. The third kappa shape index (κ3) is 7.46. The average Bonchev–Trinajstić information content (AvgIpc) is 2.43. The van der Waals surface area contributed by atoms with Crippen molar-refractivity contribution in [2.75, 3.05) is 6.54 Å². The van der Waals surface area contributed by atoms with Crippen molar-refractivity contribution in [2.24, 2.45) is 0 Å². The molecule has 0 fully saturated rings. The van der Waals surface area contributed by atoms with Gasteiger partial charge in [0.05, 0.1) is 5.02 Å². The monoisotopic (exact) mass is 313 g/mol. The van der Waals surface area contributed by atoms with E-state index in [9.17, 15) is 14.0 Å². The predicted molar refractivity (Wildman–Crippen MR) is 79.6 cm³/mol. The number of hydrogen-bond acceptors (Lipinski definition) is 2. The lowest BCUT2D eigenvalue weighted by atomic mass is 10.2. The van der Waals surface area contributed by atoms with Gasteiger partial charge in [0.15, 0.2) is 0 Å². The van der Waals surface area contributed by atoms with Crippen molar-refractivity contribution in [3.05, 3.63) is 40.7 Å². The molecule has 0 aliphatic carbocycles. The molecule has 0 unspecified atom stereocenters. The number of hydrogen-bond donors (Lipinski definition) is 2. The fourth-order valence-electron chi connectivity index (χ4n) is 1.64. The Balaban J connectivity index is 2.25. The van der Waals surface area contributed by atoms with E-state index in [0.717, 1.165) is 12.8 Å². The summed E-state index contributed by atoms with van der Waals surface area (Å²) in [5, 5.41) is 11.2. The summed E-state index contributed by atoms with van der Waals surface area (Å²) >= 11 is 5.63. The molecule has 0 spiro atoms. The van der Waals surface area contributed by atoms with Gasteiger partial charge in [0.25, 0.3) is 0 Å². The second-order valence-corrected chi connectivity index (χ2v) is 4.91. The number of carbonyl (C=O) groups excluding carboxylic acids is 1. The van der Waals surface area contributed by atoms with Crippen molar-refractivity contribution >= 4 is 29.6 Å². The van der Waals surface area contributed by atoms with Crippen LogP contribution >= 0.6 is 11.6 Å². The van der Waals surface area contributed by atoms with Crippen LogP contribution in [0.2, 0.25) is 5.02 Å². The van der Waals surface area contributed by atoms with Gasteiger partial charge in [-0.15, -0.1) is 0 Å². The van der Waals surface area contributed by atoms with Crippen molar-refractivity contribution in [2.45, 2.75) is 25.7 Å². The van der Waals surface area contributed by atoms with Crippen LogP contribution in [0.25, 0.3) is 6.08 Å². The van der Waals surface area contributed by atoms with Crippen molar-refractivity contribution < 1.29 is 19.1 Å². The molecule has 0 bridgehead atoms. The smallest absolute Gasteiger partial charge is 0.303 e. The minimum Gasteiger partial charge on any atom is -0.481 e. The highest BCUT2D eigenvalue weighted by molar-refractivity contribution is 6.30.